The number of hydrazine groups is 1. The summed E-state index contributed by atoms with van der Waals surface area (Å²) in [7, 11) is -3.79. The van der Waals surface area contributed by atoms with Crippen LogP contribution in [-0.2, 0) is 10.0 Å². The molecule has 1 aliphatic heterocycles. The Labute approximate surface area is 172 Å². The number of hydrogen-bond donors (Lipinski definition) is 2. The van der Waals surface area contributed by atoms with Crippen LogP contribution in [0.3, 0.4) is 0 Å². The number of hydrogen-bond acceptors (Lipinski definition) is 4. The molecule has 1 heterocycles. The van der Waals surface area contributed by atoms with Gasteiger partial charge >= 0.3 is 0 Å². The number of carbonyl (C=O) groups is 2. The van der Waals surface area contributed by atoms with Crippen molar-refractivity contribution < 1.29 is 18.0 Å². The molecule has 28 heavy (non-hydrogen) atoms. The van der Waals surface area contributed by atoms with E-state index in [4.69, 9.17) is 23.2 Å². The van der Waals surface area contributed by atoms with Crippen molar-refractivity contribution in [2.24, 2.45) is 0 Å². The molecule has 7 nitrogen and oxygen atoms in total. The summed E-state index contributed by atoms with van der Waals surface area (Å²) in [6.07, 6.45) is 1.57. The van der Waals surface area contributed by atoms with Crippen LogP contribution in [0.1, 0.15) is 33.6 Å². The lowest BCUT2D eigenvalue weighted by Crippen LogP contribution is -2.41. The van der Waals surface area contributed by atoms with Gasteiger partial charge in [0.05, 0.1) is 5.02 Å². The number of halogens is 2. The van der Waals surface area contributed by atoms with E-state index in [1.165, 1.54) is 34.6 Å². The lowest BCUT2D eigenvalue weighted by molar-refractivity contribution is 0.0846. The number of nitrogens with one attached hydrogen (secondary N) is 2. The van der Waals surface area contributed by atoms with Crippen molar-refractivity contribution in [3.05, 3.63) is 63.6 Å². The quantitative estimate of drug-likeness (QED) is 0.712. The molecule has 1 saturated heterocycles. The van der Waals surface area contributed by atoms with Crippen molar-refractivity contribution in [1.82, 2.24) is 15.2 Å². The average Bonchev–Trinajstić information content (AvgIpc) is 3.21. The second-order valence-corrected chi connectivity index (χ2v) is 8.92. The van der Waals surface area contributed by atoms with Gasteiger partial charge in [-0.15, -0.1) is 0 Å². The fourth-order valence-corrected chi connectivity index (χ4v) is 5.01. The molecule has 3 rings (SSSR count). The molecule has 1 aliphatic rings. The van der Waals surface area contributed by atoms with Crippen molar-refractivity contribution in [3.8, 4) is 0 Å². The van der Waals surface area contributed by atoms with Crippen molar-refractivity contribution >= 4 is 45.0 Å². The molecular weight excluding hydrogens is 425 g/mol. The third kappa shape index (κ3) is 4.47. The lowest BCUT2D eigenvalue weighted by atomic mass is 10.2. The second kappa shape index (κ2) is 8.48. The van der Waals surface area contributed by atoms with Gasteiger partial charge in [-0.25, -0.2) is 8.42 Å². The predicted molar refractivity (Wildman–Crippen MR) is 106 cm³/mol. The zero-order valence-electron chi connectivity index (χ0n) is 14.6. The van der Waals surface area contributed by atoms with Crippen LogP contribution < -0.4 is 10.9 Å². The molecule has 0 radical (unpaired) electrons. The maximum Gasteiger partial charge on any atom is 0.269 e. The van der Waals surface area contributed by atoms with E-state index < -0.39 is 21.8 Å². The van der Waals surface area contributed by atoms with E-state index in [9.17, 15) is 18.0 Å². The van der Waals surface area contributed by atoms with Crippen LogP contribution in [0.15, 0.2) is 47.4 Å². The molecule has 0 aliphatic carbocycles. The van der Waals surface area contributed by atoms with Gasteiger partial charge in [-0.05, 0) is 49.2 Å². The summed E-state index contributed by atoms with van der Waals surface area (Å²) < 4.78 is 26.8. The first-order valence-corrected chi connectivity index (χ1v) is 10.6. The topological polar surface area (TPSA) is 95.6 Å². The van der Waals surface area contributed by atoms with Crippen molar-refractivity contribution in [2.45, 2.75) is 17.7 Å². The first-order valence-electron chi connectivity index (χ1n) is 8.45. The largest absolute Gasteiger partial charge is 0.269 e. The molecule has 0 spiro atoms. The predicted octanol–water partition coefficient (Wildman–Crippen LogP) is 2.85. The van der Waals surface area contributed by atoms with Gasteiger partial charge < -0.3 is 0 Å². The third-order valence-corrected chi connectivity index (χ3v) is 6.87. The van der Waals surface area contributed by atoms with Crippen LogP contribution in [-0.4, -0.2) is 37.6 Å². The van der Waals surface area contributed by atoms with E-state index >= 15 is 0 Å². The maximum absolute atomic E-state index is 12.7. The Balaban J connectivity index is 1.75. The van der Waals surface area contributed by atoms with Crippen molar-refractivity contribution in [1.29, 1.82) is 0 Å². The Bertz CT molecular complexity index is 1020. The van der Waals surface area contributed by atoms with Crippen LogP contribution in [0.5, 0.6) is 0 Å². The first-order chi connectivity index (χ1) is 13.3. The third-order valence-electron chi connectivity index (χ3n) is 4.25. The Morgan fingerprint density at radius 1 is 0.893 bits per heavy atom. The molecular formula is C18H17Cl2N3O4S. The van der Waals surface area contributed by atoms with E-state index in [0.717, 1.165) is 12.8 Å². The second-order valence-electron chi connectivity index (χ2n) is 6.17. The summed E-state index contributed by atoms with van der Waals surface area (Å²) in [5.74, 6) is -1.24. The molecule has 0 unspecified atom stereocenters. The Kier molecular flexibility index (Phi) is 6.24. The van der Waals surface area contributed by atoms with E-state index in [1.807, 2.05) is 0 Å². The lowest BCUT2D eigenvalue weighted by Gasteiger charge is -2.17. The summed E-state index contributed by atoms with van der Waals surface area (Å²) in [6.45, 7) is 0.843. The molecule has 2 aromatic carbocycles. The molecule has 148 valence electrons. The van der Waals surface area contributed by atoms with Gasteiger partial charge in [0.2, 0.25) is 10.0 Å². The summed E-state index contributed by atoms with van der Waals surface area (Å²) in [5.41, 5.74) is 4.83. The van der Waals surface area contributed by atoms with Gasteiger partial charge in [0, 0.05) is 29.2 Å². The molecule has 2 amide bonds. The molecule has 2 aromatic rings. The molecule has 0 atom stereocenters. The number of nitrogens with zero attached hydrogens (tertiary/aromatic N) is 1. The first kappa shape index (κ1) is 20.6. The highest BCUT2D eigenvalue weighted by Crippen LogP contribution is 2.28. The SMILES string of the molecule is O=C(NNC(=O)c1ccc(Cl)c(S(=O)(=O)N2CCCC2)c1)c1cccc(Cl)c1. The molecule has 2 N–H and O–H groups in total. The Morgan fingerprint density at radius 2 is 1.50 bits per heavy atom. The van der Waals surface area contributed by atoms with Crippen molar-refractivity contribution in [3.63, 3.8) is 0 Å². The minimum absolute atomic E-state index is 0.0337. The fourth-order valence-electron chi connectivity index (χ4n) is 2.80. The zero-order valence-corrected chi connectivity index (χ0v) is 16.9. The number of amides is 2. The summed E-state index contributed by atoms with van der Waals surface area (Å²) in [4.78, 5) is 24.3. The molecule has 10 heteroatoms. The van der Waals surface area contributed by atoms with Gasteiger partial charge in [-0.2, -0.15) is 4.31 Å². The van der Waals surface area contributed by atoms with Crippen LogP contribution in [0, 0.1) is 0 Å². The van der Waals surface area contributed by atoms with E-state index in [0.29, 0.717) is 18.1 Å². The zero-order chi connectivity index (χ0) is 20.3. The number of rotatable bonds is 4. The van der Waals surface area contributed by atoms with Crippen LogP contribution in [0.2, 0.25) is 10.0 Å². The van der Waals surface area contributed by atoms with Gasteiger partial charge in [0.1, 0.15) is 4.90 Å². The van der Waals surface area contributed by atoms with E-state index in [2.05, 4.69) is 10.9 Å². The smallest absolute Gasteiger partial charge is 0.267 e. The van der Waals surface area contributed by atoms with Gasteiger partial charge in [-0.1, -0.05) is 29.3 Å². The average molecular weight is 442 g/mol. The fraction of sp³-hybridized carbons (Fsp3) is 0.222. The maximum atomic E-state index is 12.7. The highest BCUT2D eigenvalue weighted by molar-refractivity contribution is 7.89. The minimum Gasteiger partial charge on any atom is -0.267 e. The van der Waals surface area contributed by atoms with E-state index in [-0.39, 0.29) is 21.0 Å². The van der Waals surface area contributed by atoms with E-state index in [1.54, 1.807) is 12.1 Å². The molecule has 0 bridgehead atoms. The highest BCUT2D eigenvalue weighted by Gasteiger charge is 2.29. The monoisotopic (exact) mass is 441 g/mol. The van der Waals surface area contributed by atoms with Gasteiger partial charge in [0.15, 0.2) is 0 Å². The van der Waals surface area contributed by atoms with Crippen LogP contribution in [0.25, 0.3) is 0 Å². The summed E-state index contributed by atoms with van der Waals surface area (Å²) >= 11 is 11.9. The molecule has 0 saturated carbocycles. The van der Waals surface area contributed by atoms with Gasteiger partial charge in [-0.3, -0.25) is 20.4 Å². The summed E-state index contributed by atoms with van der Waals surface area (Å²) in [6, 6.07) is 10.1. The van der Waals surface area contributed by atoms with Gasteiger partial charge in [0.25, 0.3) is 11.8 Å². The number of carbonyl (C=O) groups excluding carboxylic acids is 2. The standard InChI is InChI=1S/C18H17Cl2N3O4S/c19-14-5-3-4-12(10-14)17(24)21-22-18(25)13-6-7-15(20)16(11-13)28(26,27)23-8-1-2-9-23/h3-7,10-11H,1-2,8-9H2,(H,21,24)(H,22,25). The normalized spacial score (nSPS) is 14.6. The van der Waals surface area contributed by atoms with Crippen LogP contribution >= 0.6 is 23.2 Å². The molecule has 0 aromatic heterocycles. The Hall–Kier alpha value is -2.13. The van der Waals surface area contributed by atoms with Crippen LogP contribution in [0.4, 0.5) is 0 Å². The molecule has 1 fully saturated rings. The Morgan fingerprint density at radius 3 is 2.11 bits per heavy atom. The number of benzene rings is 2. The van der Waals surface area contributed by atoms with Crippen molar-refractivity contribution in [2.75, 3.05) is 13.1 Å². The highest BCUT2D eigenvalue weighted by atomic mass is 35.5. The summed E-state index contributed by atoms with van der Waals surface area (Å²) in [5, 5.41) is 0.417. The minimum atomic E-state index is -3.79. The number of sulfonamides is 1.